The number of fused-ring (bicyclic) bond motifs is 3. The van der Waals surface area contributed by atoms with Crippen molar-refractivity contribution >= 4 is 29.4 Å². The normalized spacial score (nSPS) is 38.2. The molecular weight excluding hydrogens is 881 g/mol. The maximum Gasteiger partial charge on any atom is 0.308 e. The molecule has 5 N–H and O–H groups in total. The molecule has 18 heteroatoms. The van der Waals surface area contributed by atoms with Gasteiger partial charge >= 0.3 is 5.97 Å². The number of ketones is 1. The summed E-state index contributed by atoms with van der Waals surface area (Å²) in [7, 11) is 6.64. The zero-order chi connectivity index (χ0) is 49.5. The van der Waals surface area contributed by atoms with Crippen molar-refractivity contribution in [2.24, 2.45) is 28.8 Å². The molecule has 1 aromatic rings. The average Bonchev–Trinajstić information content (AvgIpc) is 3.33. The van der Waals surface area contributed by atoms with E-state index in [0.29, 0.717) is 43.6 Å². The lowest BCUT2D eigenvalue weighted by atomic mass is 9.79. The Morgan fingerprint density at radius 1 is 0.985 bits per heavy atom. The van der Waals surface area contributed by atoms with E-state index < -0.39 is 97.1 Å². The minimum absolute atomic E-state index is 0.0612. The lowest BCUT2D eigenvalue weighted by Gasteiger charge is -2.47. The topological polar surface area (TPSA) is 232 Å². The third kappa shape index (κ3) is 15.4. The molecule has 4 heterocycles. The standard InChI is InChI=1S/C50H78N4O14/c1-10-39-35(26-63-40-17-16-38(56)48(60-8)49(40)61-9)22-29(2)13-15-37(55)30(3)23-34-19-21-62-27-36(53-65-20-11-12-33-14-18-42(51)52-25-33)28-64-41(24-43(57)67-39)31(4)47(34)68-50-46(59)44(54(6)7)45(58)32(5)66-50/h11-15,18,22,25,30-32,34-35,38-41,44-50,56,58-59H,10,16-17,19-21,23-24,26-28H2,1-9H3,(H2,51,52)/b12-11+,15-13+,29-22+,53-36+/t30-,31+,32-,34?,35-,38-,39-,40-,41-,44+,45-,46-,47-,48-,49+,50+/m1/s1. The number of aromatic nitrogens is 1. The Morgan fingerprint density at radius 3 is 2.44 bits per heavy atom. The van der Waals surface area contributed by atoms with E-state index in [-0.39, 0.29) is 51.2 Å². The van der Waals surface area contributed by atoms with Crippen LogP contribution in [0.4, 0.5) is 5.82 Å². The summed E-state index contributed by atoms with van der Waals surface area (Å²) in [5, 5.41) is 37.8. The molecule has 382 valence electrons. The van der Waals surface area contributed by atoms with Crippen LogP contribution in [0, 0.1) is 23.7 Å². The van der Waals surface area contributed by atoms with E-state index in [2.05, 4.69) is 10.1 Å². The lowest BCUT2D eigenvalue weighted by molar-refractivity contribution is -0.305. The maximum absolute atomic E-state index is 14.4. The molecule has 0 spiro atoms. The first-order valence-corrected chi connectivity index (χ1v) is 24.1. The van der Waals surface area contributed by atoms with Gasteiger partial charge in [-0.2, -0.15) is 0 Å². The molecule has 0 radical (unpaired) electrons. The summed E-state index contributed by atoms with van der Waals surface area (Å²) >= 11 is 0. The fourth-order valence-electron chi connectivity index (χ4n) is 9.72. The number of hydrogen-bond acceptors (Lipinski definition) is 18. The van der Waals surface area contributed by atoms with E-state index >= 15 is 0 Å². The fraction of sp³-hybridized carbons (Fsp3) is 0.720. The molecule has 3 aliphatic heterocycles. The Kier molecular flexibility index (Phi) is 22.0. The van der Waals surface area contributed by atoms with Crippen LogP contribution in [0.15, 0.2) is 53.4 Å². The number of nitrogen functional groups attached to an aromatic ring is 1. The molecule has 18 nitrogen and oxygen atoms in total. The molecule has 0 amide bonds. The fourth-order valence-corrected chi connectivity index (χ4v) is 9.72. The third-order valence-corrected chi connectivity index (χ3v) is 13.6. The summed E-state index contributed by atoms with van der Waals surface area (Å²) in [4.78, 5) is 40.0. The molecule has 1 saturated carbocycles. The van der Waals surface area contributed by atoms with Gasteiger partial charge in [-0.1, -0.05) is 49.7 Å². The smallest absolute Gasteiger partial charge is 0.308 e. The minimum atomic E-state index is -1.25. The van der Waals surface area contributed by atoms with Crippen LogP contribution >= 0.6 is 0 Å². The molecule has 68 heavy (non-hydrogen) atoms. The van der Waals surface area contributed by atoms with Crippen molar-refractivity contribution in [3.63, 3.8) is 0 Å². The number of hydrogen-bond donors (Lipinski definition) is 4. The summed E-state index contributed by atoms with van der Waals surface area (Å²) in [6, 6.07) is 2.84. The van der Waals surface area contributed by atoms with E-state index in [1.165, 1.54) is 7.11 Å². The van der Waals surface area contributed by atoms with Gasteiger partial charge in [0.15, 0.2) is 12.1 Å². The average molecular weight is 959 g/mol. The first-order valence-electron chi connectivity index (χ1n) is 24.1. The molecule has 5 rings (SSSR count). The van der Waals surface area contributed by atoms with Crippen molar-refractivity contribution in [3.05, 3.63) is 53.8 Å². The number of aliphatic hydroxyl groups is 3. The molecule has 4 aliphatic rings. The number of allylic oxidation sites excluding steroid dienone is 3. The van der Waals surface area contributed by atoms with Crippen molar-refractivity contribution < 1.29 is 67.6 Å². The van der Waals surface area contributed by atoms with Gasteiger partial charge in [0, 0.05) is 44.8 Å². The number of carbonyl (C=O) groups excluding carboxylic acids is 2. The SMILES string of the molecule is CC[C@H]1OC(=O)C[C@H]2OC/C(=N/OC/C=C/c3ccc(N)nc3)COCCC(C[C@@H](C)C(=O)/C=C/C(C)=C/[C@@H]1CO[C@@H]1CC[C@@H](O)[C@@H](OC)[C@H]1OC)[C@H](O[C@@H]1O[C@H](C)[C@@H](O)[C@H](N(C)C)[C@H]1O)[C@H]2C. The monoisotopic (exact) mass is 959 g/mol. The zero-order valence-electron chi connectivity index (χ0n) is 41.4. The molecule has 1 aliphatic carbocycles. The number of nitrogens with two attached hydrogens (primary N) is 1. The van der Waals surface area contributed by atoms with Gasteiger partial charge in [0.05, 0.1) is 68.9 Å². The quantitative estimate of drug-likeness (QED) is 0.125. The van der Waals surface area contributed by atoms with E-state index in [9.17, 15) is 24.9 Å². The molecular formula is C50H78N4O14. The first-order chi connectivity index (χ1) is 32.5. The third-order valence-electron chi connectivity index (χ3n) is 13.6. The highest BCUT2D eigenvalue weighted by molar-refractivity contribution is 5.91. The van der Waals surface area contributed by atoms with Gasteiger partial charge in [0.2, 0.25) is 0 Å². The Labute approximate surface area is 402 Å². The zero-order valence-corrected chi connectivity index (χ0v) is 41.4. The van der Waals surface area contributed by atoms with Crippen LogP contribution in [-0.2, 0) is 52.3 Å². The summed E-state index contributed by atoms with van der Waals surface area (Å²) < 4.78 is 50.2. The number of ether oxygens (including phenoxy) is 8. The predicted octanol–water partition coefficient (Wildman–Crippen LogP) is 3.90. The molecule has 0 aromatic carbocycles. The number of pyridine rings is 1. The minimum Gasteiger partial charge on any atom is -0.462 e. The molecule has 1 unspecified atom stereocenters. The summed E-state index contributed by atoms with van der Waals surface area (Å²) in [6.45, 7) is 9.92. The van der Waals surface area contributed by atoms with Gasteiger partial charge in [-0.3, -0.25) is 9.59 Å². The van der Waals surface area contributed by atoms with Gasteiger partial charge in [0.25, 0.3) is 0 Å². The summed E-state index contributed by atoms with van der Waals surface area (Å²) in [5.41, 5.74) is 7.79. The van der Waals surface area contributed by atoms with Crippen LogP contribution in [0.5, 0.6) is 0 Å². The van der Waals surface area contributed by atoms with E-state index in [4.69, 9.17) is 48.5 Å². The van der Waals surface area contributed by atoms with Crippen molar-refractivity contribution in [1.29, 1.82) is 0 Å². The van der Waals surface area contributed by atoms with Crippen molar-refractivity contribution in [1.82, 2.24) is 9.88 Å². The number of cyclic esters (lactones) is 1. The van der Waals surface area contributed by atoms with Gasteiger partial charge in [-0.05, 0) is 95.8 Å². The number of methoxy groups -OCH3 is 2. The Bertz CT molecular complexity index is 1850. The largest absolute Gasteiger partial charge is 0.462 e. The van der Waals surface area contributed by atoms with E-state index in [1.54, 1.807) is 63.5 Å². The number of rotatable bonds is 13. The van der Waals surface area contributed by atoms with Crippen molar-refractivity contribution in [2.75, 3.05) is 67.1 Å². The van der Waals surface area contributed by atoms with Crippen LogP contribution < -0.4 is 5.73 Å². The summed E-state index contributed by atoms with van der Waals surface area (Å²) in [6.07, 6.45) is 4.15. The number of esters is 1. The van der Waals surface area contributed by atoms with Gasteiger partial charge in [0.1, 0.15) is 42.6 Å². The van der Waals surface area contributed by atoms with Gasteiger partial charge < -0.3 is 68.7 Å². The van der Waals surface area contributed by atoms with Gasteiger partial charge in [-0.25, -0.2) is 4.98 Å². The van der Waals surface area contributed by atoms with Crippen LogP contribution in [-0.4, -0.2) is 177 Å². The van der Waals surface area contributed by atoms with Crippen molar-refractivity contribution in [2.45, 2.75) is 147 Å². The van der Waals surface area contributed by atoms with E-state index in [1.807, 2.05) is 45.9 Å². The second-order valence-electron chi connectivity index (χ2n) is 18.9. The predicted molar refractivity (Wildman–Crippen MR) is 254 cm³/mol. The maximum atomic E-state index is 14.4. The Hall–Kier alpha value is -3.66. The highest BCUT2D eigenvalue weighted by atomic mass is 16.7. The second-order valence-corrected chi connectivity index (χ2v) is 18.9. The van der Waals surface area contributed by atoms with Gasteiger partial charge in [-0.15, -0.1) is 0 Å². The Morgan fingerprint density at radius 2 is 1.75 bits per heavy atom. The molecule has 3 fully saturated rings. The number of carbonyl (C=O) groups is 2. The number of likely N-dealkylation sites (N-methyl/N-ethyl adjacent to an activating group) is 1. The van der Waals surface area contributed by atoms with E-state index in [0.717, 1.165) is 11.1 Å². The number of nitrogens with zero attached hydrogens (tertiary/aromatic N) is 3. The molecule has 2 bridgehead atoms. The van der Waals surface area contributed by atoms with Crippen LogP contribution in [0.2, 0.25) is 0 Å². The molecule has 1 aromatic heterocycles. The first kappa shape index (κ1) is 55.3. The molecule has 16 atom stereocenters. The number of aliphatic hydroxyl groups excluding tert-OH is 3. The van der Waals surface area contributed by atoms with Crippen LogP contribution in [0.25, 0.3) is 6.08 Å². The van der Waals surface area contributed by atoms with Crippen LogP contribution in [0.3, 0.4) is 0 Å². The number of oxime groups is 1. The summed E-state index contributed by atoms with van der Waals surface area (Å²) in [5.74, 6) is -2.01. The highest BCUT2D eigenvalue weighted by Crippen LogP contribution is 2.36. The Balaban J connectivity index is 1.49. The van der Waals surface area contributed by atoms with Crippen LogP contribution in [0.1, 0.15) is 78.7 Å². The highest BCUT2D eigenvalue weighted by Gasteiger charge is 2.48. The number of anilines is 1. The lowest BCUT2D eigenvalue weighted by Crippen LogP contribution is -2.63. The molecule has 2 saturated heterocycles. The van der Waals surface area contributed by atoms with Crippen molar-refractivity contribution in [3.8, 4) is 0 Å². The second kappa shape index (κ2) is 27.1.